The lowest BCUT2D eigenvalue weighted by molar-refractivity contribution is -0.0705. The third-order valence-electron chi connectivity index (χ3n) is 5.07. The van der Waals surface area contributed by atoms with Crippen LogP contribution in [0.3, 0.4) is 0 Å². The summed E-state index contributed by atoms with van der Waals surface area (Å²) in [4.78, 5) is 2.48. The lowest BCUT2D eigenvalue weighted by Gasteiger charge is -2.35. The maximum absolute atomic E-state index is 8.83. The van der Waals surface area contributed by atoms with Gasteiger partial charge in [0.1, 0.15) is 11.8 Å². The van der Waals surface area contributed by atoms with E-state index < -0.39 is 6.10 Å². The molecule has 5 heteroatoms. The van der Waals surface area contributed by atoms with E-state index in [9.17, 15) is 0 Å². The first-order valence-electron chi connectivity index (χ1n) is 10.3. The van der Waals surface area contributed by atoms with Crippen LogP contribution in [0.4, 0.5) is 0 Å². The van der Waals surface area contributed by atoms with Gasteiger partial charge < -0.3 is 14.8 Å². The average Bonchev–Trinajstić information content (AvgIpc) is 2.70. The highest BCUT2D eigenvalue weighted by atomic mass is 16.5. The number of benzene rings is 2. The van der Waals surface area contributed by atoms with Gasteiger partial charge >= 0.3 is 0 Å². The second-order valence-electron chi connectivity index (χ2n) is 7.86. The molecule has 1 aliphatic heterocycles. The molecule has 0 unspecified atom stereocenters. The second-order valence-corrected chi connectivity index (χ2v) is 7.86. The van der Waals surface area contributed by atoms with Crippen LogP contribution < -0.4 is 10.1 Å². The number of nitriles is 1. The van der Waals surface area contributed by atoms with Crippen molar-refractivity contribution in [1.29, 1.82) is 5.26 Å². The summed E-state index contributed by atoms with van der Waals surface area (Å²) in [5.74, 6) is 0.724. The second kappa shape index (κ2) is 10.4. The summed E-state index contributed by atoms with van der Waals surface area (Å²) < 4.78 is 11.4. The van der Waals surface area contributed by atoms with Gasteiger partial charge in [0.15, 0.2) is 6.10 Å². The van der Waals surface area contributed by atoms with Gasteiger partial charge in [-0.2, -0.15) is 5.26 Å². The van der Waals surface area contributed by atoms with E-state index in [1.165, 1.54) is 16.7 Å². The van der Waals surface area contributed by atoms with E-state index in [-0.39, 0.29) is 12.2 Å². The van der Waals surface area contributed by atoms with E-state index in [1.54, 1.807) is 6.92 Å². The van der Waals surface area contributed by atoms with E-state index in [0.29, 0.717) is 0 Å². The Labute approximate surface area is 174 Å². The summed E-state index contributed by atoms with van der Waals surface area (Å²) in [5.41, 5.74) is 3.90. The molecule has 2 aromatic carbocycles. The molecule has 1 fully saturated rings. The molecule has 3 rings (SSSR count). The molecule has 0 spiro atoms. The molecule has 0 aliphatic carbocycles. The van der Waals surface area contributed by atoms with Crippen molar-refractivity contribution in [1.82, 2.24) is 10.2 Å². The van der Waals surface area contributed by atoms with Gasteiger partial charge in [-0.25, -0.2) is 0 Å². The van der Waals surface area contributed by atoms with Gasteiger partial charge in [-0.3, -0.25) is 4.90 Å². The van der Waals surface area contributed by atoms with Crippen LogP contribution in [0, 0.1) is 11.3 Å². The van der Waals surface area contributed by atoms with Crippen LogP contribution in [0.1, 0.15) is 37.5 Å². The largest absolute Gasteiger partial charge is 0.476 e. The topological polar surface area (TPSA) is 57.5 Å². The van der Waals surface area contributed by atoms with Crippen molar-refractivity contribution in [2.45, 2.75) is 58.7 Å². The number of hydrogen-bond donors (Lipinski definition) is 1. The first-order valence-corrected chi connectivity index (χ1v) is 10.3. The molecule has 154 valence electrons. The van der Waals surface area contributed by atoms with E-state index in [2.05, 4.69) is 54.4 Å². The molecule has 0 amide bonds. The van der Waals surface area contributed by atoms with Crippen molar-refractivity contribution in [2.75, 3.05) is 13.1 Å². The van der Waals surface area contributed by atoms with Gasteiger partial charge in [0.05, 0.1) is 12.2 Å². The molecule has 5 nitrogen and oxygen atoms in total. The van der Waals surface area contributed by atoms with Crippen molar-refractivity contribution in [3.63, 3.8) is 0 Å². The molecular weight excluding hydrogens is 362 g/mol. The lowest BCUT2D eigenvalue weighted by atomic mass is 10.1. The van der Waals surface area contributed by atoms with Crippen molar-refractivity contribution in [2.24, 2.45) is 0 Å². The highest BCUT2D eigenvalue weighted by Crippen LogP contribution is 2.18. The number of morpholine rings is 1. The van der Waals surface area contributed by atoms with Crippen LogP contribution in [-0.2, 0) is 24.4 Å². The van der Waals surface area contributed by atoms with Crippen molar-refractivity contribution < 1.29 is 9.47 Å². The predicted octanol–water partition coefficient (Wildman–Crippen LogP) is 3.88. The quantitative estimate of drug-likeness (QED) is 0.738. The van der Waals surface area contributed by atoms with Crippen molar-refractivity contribution >= 4 is 0 Å². The smallest absolute Gasteiger partial charge is 0.181 e. The number of nitrogens with one attached hydrogen (secondary N) is 1. The van der Waals surface area contributed by atoms with Gasteiger partial charge in [0.2, 0.25) is 0 Å². The summed E-state index contributed by atoms with van der Waals surface area (Å²) in [5, 5.41) is 12.4. The van der Waals surface area contributed by atoms with Crippen LogP contribution in [0.5, 0.6) is 5.75 Å². The fourth-order valence-electron chi connectivity index (χ4n) is 3.80. The lowest BCUT2D eigenvalue weighted by Crippen LogP contribution is -2.45. The standard InChI is InChI=1S/C24H31N3O2/c1-18(12-25)29-24-10-8-21(9-11-24)13-26-14-22-6-4-5-7-23(22)17-27-15-19(2)28-20(3)16-27/h4-11,18-20,26H,13-17H2,1-3H3/t18-,19-,20+/m1/s1. The highest BCUT2D eigenvalue weighted by molar-refractivity contribution is 5.29. The molecule has 0 bridgehead atoms. The summed E-state index contributed by atoms with van der Waals surface area (Å²) >= 11 is 0. The van der Waals surface area contributed by atoms with Gasteiger partial charge in [-0.1, -0.05) is 36.4 Å². The van der Waals surface area contributed by atoms with Crippen LogP contribution >= 0.6 is 0 Å². The van der Waals surface area contributed by atoms with Gasteiger partial charge in [0.25, 0.3) is 0 Å². The maximum atomic E-state index is 8.83. The zero-order valence-electron chi connectivity index (χ0n) is 17.6. The van der Waals surface area contributed by atoms with Crippen LogP contribution in [0.15, 0.2) is 48.5 Å². The summed E-state index contributed by atoms with van der Waals surface area (Å²) in [6.07, 6.45) is 0.132. The third-order valence-corrected chi connectivity index (χ3v) is 5.07. The molecule has 1 heterocycles. The minimum Gasteiger partial charge on any atom is -0.476 e. The van der Waals surface area contributed by atoms with Crippen LogP contribution in [-0.4, -0.2) is 36.3 Å². The Morgan fingerprint density at radius 2 is 1.72 bits per heavy atom. The molecule has 0 radical (unpaired) electrons. The minimum atomic E-state index is -0.437. The molecular formula is C24H31N3O2. The Morgan fingerprint density at radius 3 is 2.38 bits per heavy atom. The van der Waals surface area contributed by atoms with E-state index >= 15 is 0 Å². The molecule has 0 saturated carbocycles. The van der Waals surface area contributed by atoms with Crippen molar-refractivity contribution in [3.05, 3.63) is 65.2 Å². The molecule has 0 aromatic heterocycles. The van der Waals surface area contributed by atoms with Gasteiger partial charge in [-0.05, 0) is 49.6 Å². The molecule has 1 saturated heterocycles. The SMILES string of the molecule is C[C@H](C#N)Oc1ccc(CNCc2ccccc2CN2C[C@@H](C)O[C@@H](C)C2)cc1. The fourth-order valence-corrected chi connectivity index (χ4v) is 3.80. The third kappa shape index (κ3) is 6.57. The first kappa shape index (κ1) is 21.3. The zero-order valence-corrected chi connectivity index (χ0v) is 17.6. The van der Waals surface area contributed by atoms with E-state index in [4.69, 9.17) is 14.7 Å². The Hall–Kier alpha value is -2.39. The molecule has 1 N–H and O–H groups in total. The summed E-state index contributed by atoms with van der Waals surface area (Å²) in [6, 6.07) is 18.6. The Kier molecular flexibility index (Phi) is 7.65. The average molecular weight is 394 g/mol. The van der Waals surface area contributed by atoms with Crippen molar-refractivity contribution in [3.8, 4) is 11.8 Å². The monoisotopic (exact) mass is 393 g/mol. The van der Waals surface area contributed by atoms with Gasteiger partial charge in [0, 0.05) is 32.7 Å². The maximum Gasteiger partial charge on any atom is 0.181 e. The fraction of sp³-hybridized carbons (Fsp3) is 0.458. The predicted molar refractivity (Wildman–Crippen MR) is 114 cm³/mol. The van der Waals surface area contributed by atoms with E-state index in [1.807, 2.05) is 24.3 Å². The molecule has 1 aliphatic rings. The number of nitrogens with zero attached hydrogens (tertiary/aromatic N) is 2. The molecule has 2 aromatic rings. The Balaban J connectivity index is 1.53. The summed E-state index contributed by atoms with van der Waals surface area (Å²) in [7, 11) is 0. The van der Waals surface area contributed by atoms with Crippen LogP contribution in [0.2, 0.25) is 0 Å². The normalized spacial score (nSPS) is 20.8. The minimum absolute atomic E-state index is 0.284. The van der Waals surface area contributed by atoms with E-state index in [0.717, 1.165) is 38.5 Å². The number of rotatable bonds is 8. The molecule has 3 atom stereocenters. The first-order chi connectivity index (χ1) is 14.0. The highest BCUT2D eigenvalue weighted by Gasteiger charge is 2.22. The molecule has 29 heavy (non-hydrogen) atoms. The summed E-state index contributed by atoms with van der Waals surface area (Å²) in [6.45, 7) is 10.6. The van der Waals surface area contributed by atoms with Crippen LogP contribution in [0.25, 0.3) is 0 Å². The zero-order chi connectivity index (χ0) is 20.6. The Morgan fingerprint density at radius 1 is 1.07 bits per heavy atom. The number of ether oxygens (including phenoxy) is 2. The van der Waals surface area contributed by atoms with Gasteiger partial charge in [-0.15, -0.1) is 0 Å². The Bertz CT molecular complexity index is 806. The number of hydrogen-bond acceptors (Lipinski definition) is 5.